The van der Waals surface area contributed by atoms with Crippen LogP contribution in [0.25, 0.3) is 11.0 Å². The van der Waals surface area contributed by atoms with Gasteiger partial charge in [0.2, 0.25) is 12.7 Å². The summed E-state index contributed by atoms with van der Waals surface area (Å²) in [7, 11) is 0. The Bertz CT molecular complexity index is 1080. The molecule has 1 aliphatic heterocycles. The Morgan fingerprint density at radius 3 is 2.59 bits per heavy atom. The molecule has 2 aromatic carbocycles. The molecule has 0 bridgehead atoms. The van der Waals surface area contributed by atoms with E-state index < -0.39 is 0 Å². The highest BCUT2D eigenvalue weighted by atomic mass is 16.7. The molecule has 0 aliphatic carbocycles. The van der Waals surface area contributed by atoms with Crippen molar-refractivity contribution in [3.63, 3.8) is 0 Å². The molecule has 1 aromatic heterocycles. The Morgan fingerprint density at radius 1 is 1.11 bits per heavy atom. The monoisotopic (exact) mass is 365 g/mol. The van der Waals surface area contributed by atoms with Gasteiger partial charge in [0.15, 0.2) is 17.3 Å². The zero-order chi connectivity index (χ0) is 19.1. The number of benzene rings is 2. The minimum Gasteiger partial charge on any atom is -0.464 e. The third kappa shape index (κ3) is 3.03. The number of ketones is 1. The van der Waals surface area contributed by atoms with Crippen LogP contribution in [0.5, 0.6) is 11.5 Å². The van der Waals surface area contributed by atoms with Crippen LogP contribution in [0.15, 0.2) is 34.9 Å². The molecule has 0 saturated heterocycles. The van der Waals surface area contributed by atoms with Crippen molar-refractivity contribution in [1.82, 2.24) is 0 Å². The highest BCUT2D eigenvalue weighted by Crippen LogP contribution is 2.37. The van der Waals surface area contributed by atoms with E-state index in [-0.39, 0.29) is 24.9 Å². The molecule has 0 spiro atoms. The second-order valence-electron chi connectivity index (χ2n) is 6.68. The van der Waals surface area contributed by atoms with Gasteiger partial charge in [-0.15, -0.1) is 0 Å². The number of aryl methyl sites for hydroxylation is 2. The summed E-state index contributed by atoms with van der Waals surface area (Å²) in [5, 5.41) is 3.74. The maximum Gasteiger partial charge on any atom is 0.231 e. The standard InChI is InChI=1S/C21H19NO5/c1-11-4-5-15-14(9-25-21(15)12(11)2)6-20(24)22-17-8-19-18(26-10-27-19)7-16(17)13(3)23/h4-5,7-9H,6,10H2,1-3H3,(H,22,24). The van der Waals surface area contributed by atoms with Crippen LogP contribution in [-0.4, -0.2) is 18.5 Å². The van der Waals surface area contributed by atoms with Gasteiger partial charge >= 0.3 is 0 Å². The zero-order valence-corrected chi connectivity index (χ0v) is 15.3. The number of anilines is 1. The summed E-state index contributed by atoms with van der Waals surface area (Å²) >= 11 is 0. The molecule has 6 heteroatoms. The zero-order valence-electron chi connectivity index (χ0n) is 15.3. The molecular weight excluding hydrogens is 346 g/mol. The molecule has 0 atom stereocenters. The van der Waals surface area contributed by atoms with Crippen LogP contribution in [0.1, 0.15) is 34.0 Å². The van der Waals surface area contributed by atoms with E-state index in [4.69, 9.17) is 13.9 Å². The average molecular weight is 365 g/mol. The minimum absolute atomic E-state index is 0.101. The molecule has 3 aromatic rings. The van der Waals surface area contributed by atoms with Crippen LogP contribution in [0.2, 0.25) is 0 Å². The topological polar surface area (TPSA) is 77.8 Å². The fraction of sp³-hybridized carbons (Fsp3) is 0.238. The van der Waals surface area contributed by atoms with Crippen molar-refractivity contribution in [3.8, 4) is 11.5 Å². The molecule has 0 unspecified atom stereocenters. The molecule has 1 amide bonds. The third-order valence-corrected chi connectivity index (χ3v) is 4.86. The number of furan rings is 1. The predicted molar refractivity (Wildman–Crippen MR) is 101 cm³/mol. The lowest BCUT2D eigenvalue weighted by atomic mass is 10.0. The Hall–Kier alpha value is -3.28. The van der Waals surface area contributed by atoms with Crippen molar-refractivity contribution in [3.05, 3.63) is 52.8 Å². The molecule has 0 saturated carbocycles. The largest absolute Gasteiger partial charge is 0.464 e. The summed E-state index contributed by atoms with van der Waals surface area (Å²) in [6, 6.07) is 7.20. The molecule has 27 heavy (non-hydrogen) atoms. The van der Waals surface area contributed by atoms with Crippen LogP contribution >= 0.6 is 0 Å². The van der Waals surface area contributed by atoms with Crippen LogP contribution in [0.3, 0.4) is 0 Å². The van der Waals surface area contributed by atoms with Gasteiger partial charge in [-0.1, -0.05) is 12.1 Å². The molecular formula is C21H19NO5. The van der Waals surface area contributed by atoms with E-state index in [2.05, 4.69) is 5.32 Å². The molecule has 4 rings (SSSR count). The van der Waals surface area contributed by atoms with Gasteiger partial charge in [0.1, 0.15) is 5.58 Å². The predicted octanol–water partition coefficient (Wildman–Crippen LogP) is 4.16. The molecule has 1 N–H and O–H groups in total. The fourth-order valence-corrected chi connectivity index (χ4v) is 3.23. The highest BCUT2D eigenvalue weighted by Gasteiger charge is 2.21. The lowest BCUT2D eigenvalue weighted by Crippen LogP contribution is -2.16. The molecule has 138 valence electrons. The first-order valence-corrected chi connectivity index (χ1v) is 8.64. The molecule has 6 nitrogen and oxygen atoms in total. The number of ether oxygens (including phenoxy) is 2. The van der Waals surface area contributed by atoms with Gasteiger partial charge < -0.3 is 19.2 Å². The molecule has 1 aliphatic rings. The lowest BCUT2D eigenvalue weighted by molar-refractivity contribution is -0.115. The van der Waals surface area contributed by atoms with Gasteiger partial charge in [-0.05, 0) is 38.0 Å². The minimum atomic E-state index is -0.239. The summed E-state index contributed by atoms with van der Waals surface area (Å²) in [4.78, 5) is 24.6. The van der Waals surface area contributed by atoms with E-state index in [9.17, 15) is 9.59 Å². The van der Waals surface area contributed by atoms with Gasteiger partial charge in [-0.25, -0.2) is 0 Å². The van der Waals surface area contributed by atoms with Crippen molar-refractivity contribution in [2.75, 3.05) is 12.1 Å². The van der Waals surface area contributed by atoms with Gasteiger partial charge in [-0.2, -0.15) is 0 Å². The van der Waals surface area contributed by atoms with Crippen molar-refractivity contribution >= 4 is 28.3 Å². The highest BCUT2D eigenvalue weighted by molar-refractivity contribution is 6.05. The maximum absolute atomic E-state index is 12.6. The summed E-state index contributed by atoms with van der Waals surface area (Å²) in [6.07, 6.45) is 1.75. The second-order valence-corrected chi connectivity index (χ2v) is 6.68. The fourth-order valence-electron chi connectivity index (χ4n) is 3.23. The number of rotatable bonds is 4. The van der Waals surface area contributed by atoms with E-state index in [1.54, 1.807) is 18.4 Å². The molecule has 2 heterocycles. The van der Waals surface area contributed by atoms with E-state index in [1.807, 2.05) is 26.0 Å². The summed E-state index contributed by atoms with van der Waals surface area (Å²) in [6.45, 7) is 5.56. The number of carbonyl (C=O) groups excluding carboxylic acids is 2. The number of Topliss-reactive ketones (excluding diaryl/α,β-unsaturated/α-hetero) is 1. The average Bonchev–Trinajstić information content (AvgIpc) is 3.24. The lowest BCUT2D eigenvalue weighted by Gasteiger charge is -2.10. The van der Waals surface area contributed by atoms with Gasteiger partial charge in [-0.3, -0.25) is 9.59 Å². The van der Waals surface area contributed by atoms with E-state index >= 15 is 0 Å². The Balaban J connectivity index is 1.60. The number of nitrogens with one attached hydrogen (secondary N) is 1. The summed E-state index contributed by atoms with van der Waals surface area (Å²) < 4.78 is 16.3. The van der Waals surface area contributed by atoms with E-state index in [1.165, 1.54) is 6.92 Å². The Labute approximate surface area is 156 Å². The normalized spacial score (nSPS) is 12.4. The number of hydrogen-bond donors (Lipinski definition) is 1. The maximum atomic E-state index is 12.6. The van der Waals surface area contributed by atoms with Crippen LogP contribution in [-0.2, 0) is 11.2 Å². The number of hydrogen-bond acceptors (Lipinski definition) is 5. The first-order chi connectivity index (χ1) is 12.9. The smallest absolute Gasteiger partial charge is 0.231 e. The first kappa shape index (κ1) is 17.1. The van der Waals surface area contributed by atoms with E-state index in [0.717, 1.165) is 27.7 Å². The summed E-state index contributed by atoms with van der Waals surface area (Å²) in [5.74, 6) is 0.612. The quantitative estimate of drug-likeness (QED) is 0.703. The Morgan fingerprint density at radius 2 is 1.85 bits per heavy atom. The summed E-state index contributed by atoms with van der Waals surface area (Å²) in [5.41, 5.74) is 4.60. The Kier molecular flexibility index (Phi) is 4.11. The van der Waals surface area contributed by atoms with Crippen molar-refractivity contribution in [2.24, 2.45) is 0 Å². The number of amides is 1. The van der Waals surface area contributed by atoms with Crippen molar-refractivity contribution in [1.29, 1.82) is 0 Å². The molecule has 0 fully saturated rings. The van der Waals surface area contributed by atoms with E-state index in [0.29, 0.717) is 22.7 Å². The number of carbonyl (C=O) groups is 2. The van der Waals surface area contributed by atoms with Crippen LogP contribution in [0, 0.1) is 13.8 Å². The number of fused-ring (bicyclic) bond motifs is 2. The van der Waals surface area contributed by atoms with Crippen molar-refractivity contribution < 1.29 is 23.5 Å². The van der Waals surface area contributed by atoms with Gasteiger partial charge in [0.25, 0.3) is 0 Å². The van der Waals surface area contributed by atoms with Crippen molar-refractivity contribution in [2.45, 2.75) is 27.2 Å². The van der Waals surface area contributed by atoms with Gasteiger partial charge in [0, 0.05) is 22.6 Å². The second kappa shape index (κ2) is 6.46. The first-order valence-electron chi connectivity index (χ1n) is 8.64. The molecule has 0 radical (unpaired) electrons. The third-order valence-electron chi connectivity index (χ3n) is 4.86. The van der Waals surface area contributed by atoms with Crippen LogP contribution < -0.4 is 14.8 Å². The van der Waals surface area contributed by atoms with Gasteiger partial charge in [0.05, 0.1) is 18.4 Å². The SMILES string of the molecule is CC(=O)c1cc2c(cc1NC(=O)Cc1coc3c(C)c(C)ccc13)OCO2. The van der Waals surface area contributed by atoms with Crippen LogP contribution in [0.4, 0.5) is 5.69 Å².